The summed E-state index contributed by atoms with van der Waals surface area (Å²) in [5.41, 5.74) is 0. The Morgan fingerprint density at radius 1 is 0.462 bits per heavy atom. The van der Waals surface area contributed by atoms with Crippen molar-refractivity contribution >= 4 is 11.9 Å². The van der Waals surface area contributed by atoms with E-state index >= 15 is 0 Å². The molecule has 0 aromatic carbocycles. The number of esters is 1. The summed E-state index contributed by atoms with van der Waals surface area (Å²) in [4.78, 5) is 26.2. The summed E-state index contributed by atoms with van der Waals surface area (Å²) in [6.45, 7) is 6.36. The molecular formula is C59H103NO5. The quantitative estimate of drug-likeness (QED) is 0.0245. The van der Waals surface area contributed by atoms with Crippen molar-refractivity contribution in [2.75, 3.05) is 6.61 Å². The van der Waals surface area contributed by atoms with Crippen LogP contribution in [-0.2, 0) is 14.3 Å². The van der Waals surface area contributed by atoms with Crippen LogP contribution >= 0.6 is 0 Å². The van der Waals surface area contributed by atoms with Crippen LogP contribution in [0.4, 0.5) is 0 Å². The number of carbonyl (C=O) groups excluding carboxylic acids is 2. The largest absolute Gasteiger partial charge is 0.462 e. The zero-order valence-corrected chi connectivity index (χ0v) is 42.6. The second-order valence-electron chi connectivity index (χ2n) is 18.4. The molecule has 0 heterocycles. The SMILES string of the molecule is CCC/C=C/C=C/C=C/C=C/C=C/CCCCCC(CC(=O)NC(CO)C(O)CCCCCCCCCCCCCCC)OC(=O)CCCCCCCCC/C=C\C/C=C\CCCCC. The maximum Gasteiger partial charge on any atom is 0.306 e. The monoisotopic (exact) mass is 906 g/mol. The number of ether oxygens (including phenoxy) is 1. The number of unbranched alkanes of at least 4 members (excludes halogenated alkanes) is 26. The summed E-state index contributed by atoms with van der Waals surface area (Å²) in [5, 5.41) is 23.8. The van der Waals surface area contributed by atoms with Crippen LogP contribution in [-0.4, -0.2) is 46.9 Å². The summed E-state index contributed by atoms with van der Waals surface area (Å²) >= 11 is 0. The van der Waals surface area contributed by atoms with Gasteiger partial charge in [0.15, 0.2) is 0 Å². The average molecular weight is 906 g/mol. The van der Waals surface area contributed by atoms with E-state index in [2.05, 4.69) is 74.7 Å². The lowest BCUT2D eigenvalue weighted by Gasteiger charge is -2.24. The summed E-state index contributed by atoms with van der Waals surface area (Å²) in [7, 11) is 0. The third-order valence-electron chi connectivity index (χ3n) is 12.1. The van der Waals surface area contributed by atoms with E-state index in [1.54, 1.807) is 0 Å². The Morgan fingerprint density at radius 3 is 1.42 bits per heavy atom. The Morgan fingerprint density at radius 2 is 0.877 bits per heavy atom. The first-order valence-electron chi connectivity index (χ1n) is 27.4. The van der Waals surface area contributed by atoms with Crippen LogP contribution in [0.25, 0.3) is 0 Å². The van der Waals surface area contributed by atoms with Crippen LogP contribution in [0.3, 0.4) is 0 Å². The lowest BCUT2D eigenvalue weighted by molar-refractivity contribution is -0.151. The summed E-state index contributed by atoms with van der Waals surface area (Å²) in [5.74, 6) is -0.526. The van der Waals surface area contributed by atoms with Gasteiger partial charge in [-0.2, -0.15) is 0 Å². The van der Waals surface area contributed by atoms with Crippen molar-refractivity contribution in [3.05, 3.63) is 85.1 Å². The van der Waals surface area contributed by atoms with E-state index in [4.69, 9.17) is 4.74 Å². The van der Waals surface area contributed by atoms with Gasteiger partial charge in [0.05, 0.1) is 25.2 Å². The first-order valence-corrected chi connectivity index (χ1v) is 27.4. The fourth-order valence-electron chi connectivity index (χ4n) is 7.90. The van der Waals surface area contributed by atoms with Gasteiger partial charge in [-0.25, -0.2) is 0 Å². The van der Waals surface area contributed by atoms with Gasteiger partial charge in [0.1, 0.15) is 6.10 Å². The van der Waals surface area contributed by atoms with E-state index in [1.165, 1.54) is 122 Å². The third kappa shape index (κ3) is 47.3. The topological polar surface area (TPSA) is 95.9 Å². The predicted molar refractivity (Wildman–Crippen MR) is 282 cm³/mol. The number of aliphatic hydroxyl groups excluding tert-OH is 2. The highest BCUT2D eigenvalue weighted by Crippen LogP contribution is 2.17. The van der Waals surface area contributed by atoms with Gasteiger partial charge >= 0.3 is 5.97 Å². The first-order chi connectivity index (χ1) is 32.0. The Labute approximate surface area is 402 Å². The molecule has 0 aromatic rings. The molecule has 6 heteroatoms. The van der Waals surface area contributed by atoms with Crippen LogP contribution in [0.15, 0.2) is 85.1 Å². The van der Waals surface area contributed by atoms with Crippen LogP contribution in [0.1, 0.15) is 252 Å². The molecule has 0 aromatic heterocycles. The zero-order chi connectivity index (χ0) is 47.4. The van der Waals surface area contributed by atoms with Crippen molar-refractivity contribution in [2.24, 2.45) is 0 Å². The molecule has 0 aliphatic heterocycles. The molecule has 0 aliphatic rings. The van der Waals surface area contributed by atoms with Crippen LogP contribution in [0.2, 0.25) is 0 Å². The van der Waals surface area contributed by atoms with Crippen molar-refractivity contribution in [3.8, 4) is 0 Å². The highest BCUT2D eigenvalue weighted by Gasteiger charge is 2.24. The molecule has 0 saturated heterocycles. The van der Waals surface area contributed by atoms with Gasteiger partial charge in [-0.3, -0.25) is 9.59 Å². The normalized spacial score (nSPS) is 13.9. The van der Waals surface area contributed by atoms with Crippen LogP contribution < -0.4 is 5.32 Å². The molecule has 0 aliphatic carbocycles. The van der Waals surface area contributed by atoms with E-state index in [1.807, 2.05) is 36.5 Å². The van der Waals surface area contributed by atoms with E-state index in [0.29, 0.717) is 19.3 Å². The minimum Gasteiger partial charge on any atom is -0.462 e. The maximum absolute atomic E-state index is 13.2. The molecule has 3 atom stereocenters. The summed E-state index contributed by atoms with van der Waals surface area (Å²) < 4.78 is 5.93. The van der Waals surface area contributed by atoms with Crippen molar-refractivity contribution in [3.63, 3.8) is 0 Å². The molecular weight excluding hydrogens is 803 g/mol. The molecule has 3 N–H and O–H groups in total. The molecule has 0 fully saturated rings. The lowest BCUT2D eigenvalue weighted by atomic mass is 10.0. The van der Waals surface area contributed by atoms with Gasteiger partial charge in [-0.05, 0) is 77.0 Å². The molecule has 3 unspecified atom stereocenters. The number of aliphatic hydroxyl groups is 2. The number of hydrogen-bond donors (Lipinski definition) is 3. The number of carbonyl (C=O) groups is 2. The minimum atomic E-state index is -0.805. The molecule has 0 radical (unpaired) electrons. The van der Waals surface area contributed by atoms with Gasteiger partial charge in [-0.15, -0.1) is 0 Å². The Hall–Kier alpha value is -2.96. The number of amides is 1. The van der Waals surface area contributed by atoms with Gasteiger partial charge in [0.25, 0.3) is 0 Å². The third-order valence-corrected chi connectivity index (χ3v) is 12.1. The standard InChI is InChI=1S/C59H103NO5/c1-4-7-10-13-16-19-22-25-27-29-31-34-37-40-43-46-49-52-59(64)65-55(50-47-44-41-38-35-33-30-28-26-23-20-17-14-11-8-5-2)53-58(63)60-56(54-61)57(62)51-48-45-42-39-36-32-24-21-18-15-12-9-6-3/h11,14,16-17,19-20,23,25-28,30,33,35,55-57,61-62H,4-10,12-13,15,18,21-22,24,29,31-32,34,36-54H2,1-3H3,(H,60,63)/b14-11+,19-16-,20-17+,26-23+,27-25-,30-28+,35-33+. The van der Waals surface area contributed by atoms with Crippen molar-refractivity contribution in [1.29, 1.82) is 0 Å². The molecule has 1 amide bonds. The van der Waals surface area contributed by atoms with E-state index < -0.39 is 18.2 Å². The second-order valence-corrected chi connectivity index (χ2v) is 18.4. The Kier molecular flexibility index (Phi) is 49.6. The van der Waals surface area contributed by atoms with Crippen LogP contribution in [0, 0.1) is 0 Å². The summed E-state index contributed by atoms with van der Waals surface area (Å²) in [6, 6.07) is -0.722. The zero-order valence-electron chi connectivity index (χ0n) is 42.6. The van der Waals surface area contributed by atoms with Gasteiger partial charge in [0, 0.05) is 6.42 Å². The average Bonchev–Trinajstić information content (AvgIpc) is 3.30. The Bertz CT molecular complexity index is 1250. The van der Waals surface area contributed by atoms with E-state index in [9.17, 15) is 19.8 Å². The van der Waals surface area contributed by atoms with Crippen molar-refractivity contribution in [1.82, 2.24) is 5.32 Å². The number of hydrogen-bond acceptors (Lipinski definition) is 5. The second kappa shape index (κ2) is 52.0. The maximum atomic E-state index is 13.2. The minimum absolute atomic E-state index is 0.0427. The lowest BCUT2D eigenvalue weighted by Crippen LogP contribution is -2.46. The van der Waals surface area contributed by atoms with Crippen molar-refractivity contribution < 1.29 is 24.5 Å². The highest BCUT2D eigenvalue weighted by molar-refractivity contribution is 5.77. The number of allylic oxidation sites excluding steroid dienone is 14. The number of nitrogens with one attached hydrogen (secondary N) is 1. The molecule has 0 spiro atoms. The predicted octanol–water partition coefficient (Wildman–Crippen LogP) is 16.7. The molecule has 65 heavy (non-hydrogen) atoms. The first kappa shape index (κ1) is 62.0. The molecule has 0 bridgehead atoms. The summed E-state index contributed by atoms with van der Waals surface area (Å²) in [6.07, 6.45) is 67.8. The fraction of sp³-hybridized carbons (Fsp3) is 0.729. The van der Waals surface area contributed by atoms with E-state index in [0.717, 1.165) is 83.5 Å². The molecule has 374 valence electrons. The van der Waals surface area contributed by atoms with Gasteiger partial charge < -0.3 is 20.3 Å². The molecule has 0 saturated carbocycles. The molecule has 6 nitrogen and oxygen atoms in total. The van der Waals surface area contributed by atoms with Gasteiger partial charge in [0.2, 0.25) is 5.91 Å². The smallest absolute Gasteiger partial charge is 0.306 e. The van der Waals surface area contributed by atoms with E-state index in [-0.39, 0.29) is 24.9 Å². The fourth-order valence-corrected chi connectivity index (χ4v) is 7.90. The highest BCUT2D eigenvalue weighted by atomic mass is 16.5. The Balaban J connectivity index is 4.69. The molecule has 0 rings (SSSR count). The van der Waals surface area contributed by atoms with Crippen molar-refractivity contribution in [2.45, 2.75) is 270 Å². The number of rotatable bonds is 48. The van der Waals surface area contributed by atoms with Crippen LogP contribution in [0.5, 0.6) is 0 Å². The van der Waals surface area contributed by atoms with Gasteiger partial charge in [-0.1, -0.05) is 247 Å².